The third-order valence-electron chi connectivity index (χ3n) is 5.52. The maximum absolute atomic E-state index is 12.0. The number of guanidine groups is 1. The molecular formula is C21H43IN6O2. The van der Waals surface area contributed by atoms with E-state index in [-0.39, 0.29) is 36.1 Å². The Morgan fingerprint density at radius 1 is 1.10 bits per heavy atom. The van der Waals surface area contributed by atoms with Gasteiger partial charge in [0.1, 0.15) is 5.60 Å². The summed E-state index contributed by atoms with van der Waals surface area (Å²) in [5, 5.41) is 6.45. The minimum absolute atomic E-state index is 0. The van der Waals surface area contributed by atoms with Gasteiger partial charge < -0.3 is 30.1 Å². The standard InChI is InChI=1S/C21H42N6O2.HI/c1-6-25-13-15-26(16-14-25)11-8-7-10-23-19(22-5)27-12-9-18(17-27)24-20(28)29-21(2,3)4;/h18H,6-17H2,1-5H3,(H,22,23)(H,24,28);1H. The van der Waals surface area contributed by atoms with Gasteiger partial charge in [-0.3, -0.25) is 4.99 Å². The average Bonchev–Trinajstić information content (AvgIpc) is 3.11. The number of carbonyl (C=O) groups is 1. The lowest BCUT2D eigenvalue weighted by atomic mass is 10.2. The molecule has 1 amide bonds. The number of likely N-dealkylation sites (N-methyl/N-ethyl adjacent to an activating group) is 1. The molecule has 2 aliphatic heterocycles. The first-order valence-corrected chi connectivity index (χ1v) is 11.2. The smallest absolute Gasteiger partial charge is 0.407 e. The number of likely N-dealkylation sites (tertiary alicyclic amines) is 1. The Labute approximate surface area is 200 Å². The number of alkyl carbamates (subject to hydrolysis) is 1. The van der Waals surface area contributed by atoms with Crippen LogP contribution in [0.25, 0.3) is 0 Å². The average molecular weight is 539 g/mol. The van der Waals surface area contributed by atoms with E-state index >= 15 is 0 Å². The number of carbonyl (C=O) groups excluding carboxylic acids is 1. The molecule has 0 aromatic rings. The second-order valence-corrected chi connectivity index (χ2v) is 9.03. The van der Waals surface area contributed by atoms with Crippen LogP contribution in [0.5, 0.6) is 0 Å². The molecule has 0 spiro atoms. The van der Waals surface area contributed by atoms with Crippen LogP contribution >= 0.6 is 24.0 Å². The minimum Gasteiger partial charge on any atom is -0.444 e. The van der Waals surface area contributed by atoms with Gasteiger partial charge >= 0.3 is 6.09 Å². The zero-order valence-electron chi connectivity index (χ0n) is 19.6. The summed E-state index contributed by atoms with van der Waals surface area (Å²) in [6, 6.07) is 0.102. The number of hydrogen-bond acceptors (Lipinski definition) is 5. The molecule has 2 aliphatic rings. The number of amides is 1. The van der Waals surface area contributed by atoms with Gasteiger partial charge in [-0.15, -0.1) is 24.0 Å². The molecule has 0 saturated carbocycles. The van der Waals surface area contributed by atoms with E-state index in [0.717, 1.165) is 38.4 Å². The van der Waals surface area contributed by atoms with Crippen molar-refractivity contribution in [1.82, 2.24) is 25.3 Å². The molecule has 0 radical (unpaired) electrons. The van der Waals surface area contributed by atoms with Crippen LogP contribution < -0.4 is 10.6 Å². The first kappa shape index (κ1) is 27.2. The fraction of sp³-hybridized carbons (Fsp3) is 0.905. The van der Waals surface area contributed by atoms with E-state index < -0.39 is 5.60 Å². The van der Waals surface area contributed by atoms with Crippen molar-refractivity contribution in [3.8, 4) is 0 Å². The Morgan fingerprint density at radius 3 is 2.37 bits per heavy atom. The Kier molecular flexibility index (Phi) is 12.3. The Bertz CT molecular complexity index is 532. The molecule has 176 valence electrons. The number of halogens is 1. The summed E-state index contributed by atoms with van der Waals surface area (Å²) in [5.41, 5.74) is -0.469. The van der Waals surface area contributed by atoms with E-state index in [9.17, 15) is 4.79 Å². The second kappa shape index (κ2) is 13.6. The van der Waals surface area contributed by atoms with E-state index in [1.807, 2.05) is 27.8 Å². The summed E-state index contributed by atoms with van der Waals surface area (Å²) < 4.78 is 5.35. The first-order valence-electron chi connectivity index (χ1n) is 11.2. The molecule has 9 heteroatoms. The quantitative estimate of drug-likeness (QED) is 0.224. The van der Waals surface area contributed by atoms with Crippen molar-refractivity contribution in [2.75, 3.05) is 66.0 Å². The van der Waals surface area contributed by atoms with Gasteiger partial charge in [0.2, 0.25) is 0 Å². The van der Waals surface area contributed by atoms with Gasteiger partial charge in [0.15, 0.2) is 5.96 Å². The van der Waals surface area contributed by atoms with Crippen molar-refractivity contribution < 1.29 is 9.53 Å². The molecule has 2 fully saturated rings. The molecule has 0 aliphatic carbocycles. The van der Waals surface area contributed by atoms with E-state index in [2.05, 4.69) is 37.2 Å². The van der Waals surface area contributed by atoms with E-state index in [0.29, 0.717) is 0 Å². The van der Waals surface area contributed by atoms with E-state index in [4.69, 9.17) is 4.74 Å². The SMILES string of the molecule is CCN1CCN(CCCCNC(=NC)N2CCC(NC(=O)OC(C)(C)C)C2)CC1.I. The number of aliphatic imine (C=N–C) groups is 1. The molecule has 2 rings (SSSR count). The minimum atomic E-state index is -0.469. The maximum Gasteiger partial charge on any atom is 0.407 e. The van der Waals surface area contributed by atoms with Crippen LogP contribution in [0.2, 0.25) is 0 Å². The number of piperazine rings is 1. The molecule has 8 nitrogen and oxygen atoms in total. The molecule has 30 heavy (non-hydrogen) atoms. The highest BCUT2D eigenvalue weighted by molar-refractivity contribution is 14.0. The third-order valence-corrected chi connectivity index (χ3v) is 5.52. The monoisotopic (exact) mass is 538 g/mol. The Balaban J connectivity index is 0.00000450. The normalized spacial score (nSPS) is 21.3. The predicted molar refractivity (Wildman–Crippen MR) is 134 cm³/mol. The summed E-state index contributed by atoms with van der Waals surface area (Å²) in [4.78, 5) is 23.7. The van der Waals surface area contributed by atoms with Crippen LogP contribution in [0, 0.1) is 0 Å². The van der Waals surface area contributed by atoms with Crippen LogP contribution in [-0.4, -0.2) is 104 Å². The maximum atomic E-state index is 12.0. The van der Waals surface area contributed by atoms with Gasteiger partial charge in [-0.25, -0.2) is 4.79 Å². The van der Waals surface area contributed by atoms with Gasteiger partial charge in [-0.1, -0.05) is 6.92 Å². The molecule has 0 bridgehead atoms. The number of hydrogen-bond donors (Lipinski definition) is 2. The largest absolute Gasteiger partial charge is 0.444 e. The summed E-state index contributed by atoms with van der Waals surface area (Å²) in [5.74, 6) is 0.926. The molecule has 1 atom stereocenters. The fourth-order valence-corrected chi connectivity index (χ4v) is 3.87. The number of nitrogens with one attached hydrogen (secondary N) is 2. The van der Waals surface area contributed by atoms with Crippen molar-refractivity contribution in [2.45, 2.75) is 58.6 Å². The fourth-order valence-electron chi connectivity index (χ4n) is 3.87. The second-order valence-electron chi connectivity index (χ2n) is 9.03. The summed E-state index contributed by atoms with van der Waals surface area (Å²) in [6.45, 7) is 17.6. The van der Waals surface area contributed by atoms with Crippen LogP contribution in [0.15, 0.2) is 4.99 Å². The zero-order valence-corrected chi connectivity index (χ0v) is 21.9. The molecule has 2 heterocycles. The van der Waals surface area contributed by atoms with Crippen molar-refractivity contribution >= 4 is 36.0 Å². The first-order chi connectivity index (χ1) is 13.8. The molecule has 0 aromatic heterocycles. The lowest BCUT2D eigenvalue weighted by Crippen LogP contribution is -2.46. The van der Waals surface area contributed by atoms with Gasteiger partial charge in [-0.05, 0) is 53.1 Å². The van der Waals surface area contributed by atoms with Gasteiger partial charge in [0.05, 0.1) is 6.04 Å². The summed E-state index contributed by atoms with van der Waals surface area (Å²) in [7, 11) is 1.82. The van der Waals surface area contributed by atoms with Crippen LogP contribution in [0.3, 0.4) is 0 Å². The molecular weight excluding hydrogens is 495 g/mol. The Hall–Kier alpha value is -0.810. The molecule has 1 unspecified atom stereocenters. The van der Waals surface area contributed by atoms with E-state index in [1.54, 1.807) is 0 Å². The van der Waals surface area contributed by atoms with Gasteiger partial charge in [-0.2, -0.15) is 0 Å². The van der Waals surface area contributed by atoms with Crippen molar-refractivity contribution in [1.29, 1.82) is 0 Å². The number of ether oxygens (including phenoxy) is 1. The summed E-state index contributed by atoms with van der Waals surface area (Å²) in [6.07, 6.45) is 2.91. The van der Waals surface area contributed by atoms with Crippen LogP contribution in [0.1, 0.15) is 47.0 Å². The highest BCUT2D eigenvalue weighted by atomic mass is 127. The highest BCUT2D eigenvalue weighted by Gasteiger charge is 2.27. The van der Waals surface area contributed by atoms with Crippen LogP contribution in [-0.2, 0) is 4.74 Å². The predicted octanol–water partition coefficient (Wildman–Crippen LogP) is 2.20. The topological polar surface area (TPSA) is 72.4 Å². The van der Waals surface area contributed by atoms with Crippen molar-refractivity contribution in [3.63, 3.8) is 0 Å². The lowest BCUT2D eigenvalue weighted by molar-refractivity contribution is 0.0507. The molecule has 2 saturated heterocycles. The number of unbranched alkanes of at least 4 members (excludes halogenated alkanes) is 1. The summed E-state index contributed by atoms with van der Waals surface area (Å²) >= 11 is 0. The lowest BCUT2D eigenvalue weighted by Gasteiger charge is -2.34. The third kappa shape index (κ3) is 10.00. The van der Waals surface area contributed by atoms with E-state index in [1.165, 1.54) is 45.7 Å². The molecule has 0 aromatic carbocycles. The van der Waals surface area contributed by atoms with Crippen molar-refractivity contribution in [2.24, 2.45) is 4.99 Å². The van der Waals surface area contributed by atoms with Gasteiger partial charge in [0.25, 0.3) is 0 Å². The number of nitrogens with zero attached hydrogens (tertiary/aromatic N) is 4. The van der Waals surface area contributed by atoms with Crippen molar-refractivity contribution in [3.05, 3.63) is 0 Å². The zero-order chi connectivity index (χ0) is 21.3. The van der Waals surface area contributed by atoms with Gasteiger partial charge in [0, 0.05) is 52.9 Å². The highest BCUT2D eigenvalue weighted by Crippen LogP contribution is 2.12. The number of rotatable bonds is 7. The Morgan fingerprint density at radius 2 is 1.77 bits per heavy atom. The molecule has 2 N–H and O–H groups in total. The van der Waals surface area contributed by atoms with Crippen LogP contribution in [0.4, 0.5) is 4.79 Å².